The van der Waals surface area contributed by atoms with Crippen molar-refractivity contribution in [2.24, 2.45) is 5.73 Å². The van der Waals surface area contributed by atoms with Gasteiger partial charge in [-0.15, -0.1) is 35.6 Å². The minimum absolute atomic E-state index is 0. The molecule has 182 valence electrons. The molecule has 4 N–H and O–H groups in total. The molecular weight excluding hydrogens is 478 g/mol. The topological polar surface area (TPSA) is 103 Å². The zero-order valence-corrected chi connectivity index (χ0v) is 20.8. The molecule has 1 aliphatic rings. The summed E-state index contributed by atoms with van der Waals surface area (Å²) in [5.41, 5.74) is 6.08. The summed E-state index contributed by atoms with van der Waals surface area (Å²) in [6, 6.07) is 4.03. The second kappa shape index (κ2) is 12.3. The minimum atomic E-state index is -3.47. The van der Waals surface area contributed by atoms with Crippen LogP contribution in [0.1, 0.15) is 39.5 Å². The van der Waals surface area contributed by atoms with Gasteiger partial charge >= 0.3 is 0 Å². The van der Waals surface area contributed by atoms with E-state index >= 15 is 0 Å². The minimum Gasteiger partial charge on any atom is -0.340 e. The molecule has 32 heavy (non-hydrogen) atoms. The molecule has 0 saturated carbocycles. The van der Waals surface area contributed by atoms with E-state index < -0.39 is 22.6 Å². The third-order valence-corrected chi connectivity index (χ3v) is 7.73. The SMILES string of the molecule is CCCC[C@H](N)C(=O)N1CCCN(S(O)(O)c2cccc3cncc(F)c23)[C@@H](C)C1.Cl.Cl. The van der Waals surface area contributed by atoms with E-state index in [1.54, 1.807) is 27.4 Å². The number of hydrogen-bond donors (Lipinski definition) is 3. The molecule has 3 rings (SSSR count). The maximum absolute atomic E-state index is 14.5. The molecule has 1 amide bonds. The Labute approximate surface area is 202 Å². The lowest BCUT2D eigenvalue weighted by atomic mass is 10.1. The van der Waals surface area contributed by atoms with E-state index in [2.05, 4.69) is 11.9 Å². The predicted molar refractivity (Wildman–Crippen MR) is 132 cm³/mol. The number of benzene rings is 1. The number of unbranched alkanes of at least 4 members (excludes halogenated alkanes) is 1. The molecule has 1 saturated heterocycles. The number of amides is 1. The monoisotopic (exact) mass is 510 g/mol. The number of pyridine rings is 1. The highest BCUT2D eigenvalue weighted by atomic mass is 35.5. The quantitative estimate of drug-likeness (QED) is 0.521. The van der Waals surface area contributed by atoms with Crippen molar-refractivity contribution in [1.29, 1.82) is 0 Å². The smallest absolute Gasteiger partial charge is 0.239 e. The Morgan fingerprint density at radius 1 is 1.31 bits per heavy atom. The molecule has 0 spiro atoms. The number of halogens is 3. The molecule has 1 aliphatic heterocycles. The van der Waals surface area contributed by atoms with Crippen molar-refractivity contribution < 1.29 is 18.3 Å². The van der Waals surface area contributed by atoms with Crippen LogP contribution in [0.15, 0.2) is 35.5 Å². The van der Waals surface area contributed by atoms with E-state index in [-0.39, 0.29) is 47.0 Å². The molecule has 0 radical (unpaired) electrons. The fourth-order valence-corrected chi connectivity index (χ4v) is 5.97. The molecule has 2 atom stereocenters. The largest absolute Gasteiger partial charge is 0.340 e. The molecule has 0 unspecified atom stereocenters. The maximum atomic E-state index is 14.5. The number of carbonyl (C=O) groups is 1. The van der Waals surface area contributed by atoms with E-state index in [0.29, 0.717) is 37.9 Å². The zero-order chi connectivity index (χ0) is 21.9. The Morgan fingerprint density at radius 3 is 2.72 bits per heavy atom. The summed E-state index contributed by atoms with van der Waals surface area (Å²) in [7, 11) is -3.47. The van der Waals surface area contributed by atoms with Gasteiger partial charge in [-0.2, -0.15) is 4.31 Å². The average Bonchev–Trinajstić information content (AvgIpc) is 2.93. The summed E-state index contributed by atoms with van der Waals surface area (Å²) in [6.45, 7) is 5.12. The second-order valence-corrected chi connectivity index (χ2v) is 9.82. The molecule has 0 bridgehead atoms. The van der Waals surface area contributed by atoms with Gasteiger partial charge in [0, 0.05) is 42.6 Å². The normalized spacial score (nSPS) is 18.9. The van der Waals surface area contributed by atoms with Gasteiger partial charge in [0.2, 0.25) is 5.91 Å². The van der Waals surface area contributed by atoms with Crippen LogP contribution in [0.2, 0.25) is 0 Å². The number of hydrogen-bond acceptors (Lipinski definition) is 6. The lowest BCUT2D eigenvalue weighted by Crippen LogP contribution is -2.47. The van der Waals surface area contributed by atoms with Crippen LogP contribution in [0, 0.1) is 5.82 Å². The van der Waals surface area contributed by atoms with Gasteiger partial charge in [-0.05, 0) is 25.8 Å². The number of aromatic nitrogens is 1. The zero-order valence-electron chi connectivity index (χ0n) is 18.3. The van der Waals surface area contributed by atoms with Crippen LogP contribution in [0.25, 0.3) is 10.8 Å². The van der Waals surface area contributed by atoms with Crippen molar-refractivity contribution in [1.82, 2.24) is 14.2 Å². The van der Waals surface area contributed by atoms with Crippen LogP contribution in [0.3, 0.4) is 0 Å². The van der Waals surface area contributed by atoms with Gasteiger partial charge in [-0.3, -0.25) is 18.9 Å². The summed E-state index contributed by atoms with van der Waals surface area (Å²) in [5, 5.41) is 0.673. The van der Waals surface area contributed by atoms with Gasteiger partial charge in [-0.25, -0.2) is 4.39 Å². The summed E-state index contributed by atoms with van der Waals surface area (Å²) < 4.78 is 38.6. The Balaban J connectivity index is 0.00000256. The first-order valence-electron chi connectivity index (χ1n) is 10.4. The van der Waals surface area contributed by atoms with Crippen molar-refractivity contribution in [2.75, 3.05) is 19.6 Å². The average molecular weight is 511 g/mol. The van der Waals surface area contributed by atoms with Gasteiger partial charge in [0.1, 0.15) is 0 Å². The summed E-state index contributed by atoms with van der Waals surface area (Å²) >= 11 is 0. The molecule has 1 fully saturated rings. The van der Waals surface area contributed by atoms with Crippen LogP contribution in [0.5, 0.6) is 0 Å². The Bertz CT molecular complexity index is 903. The van der Waals surface area contributed by atoms with Crippen LogP contribution in [0.4, 0.5) is 4.39 Å². The summed E-state index contributed by atoms with van der Waals surface area (Å²) in [4.78, 5) is 18.5. The van der Waals surface area contributed by atoms with Crippen LogP contribution in [-0.2, 0) is 4.79 Å². The molecule has 1 aromatic carbocycles. The molecule has 1 aromatic heterocycles. The molecule has 0 aliphatic carbocycles. The standard InChI is InChI=1S/C21H31FN4O3S.2ClH/c1-3-4-8-18(23)21(27)25-10-6-11-26(15(2)14-25)30(28,29)19-9-5-7-16-12-24-13-17(22)20(16)19;;/h5,7,9,12-13,15,18,28-29H,3-4,6,8,10-11,14,23H2,1-2H3;2*1H/t15-,18-;;/m0../s1. The number of fused-ring (bicyclic) bond motifs is 1. The first-order chi connectivity index (χ1) is 14.3. The number of nitrogens with zero attached hydrogens (tertiary/aromatic N) is 3. The van der Waals surface area contributed by atoms with Gasteiger partial charge in [0.15, 0.2) is 5.82 Å². The maximum Gasteiger partial charge on any atom is 0.239 e. The van der Waals surface area contributed by atoms with Crippen molar-refractivity contribution in [2.45, 2.75) is 56.5 Å². The summed E-state index contributed by atoms with van der Waals surface area (Å²) in [5.74, 6) is -0.694. The second-order valence-electron chi connectivity index (χ2n) is 7.87. The fraction of sp³-hybridized carbons (Fsp3) is 0.524. The fourth-order valence-electron chi connectivity index (χ4n) is 4.01. The van der Waals surface area contributed by atoms with Gasteiger partial charge < -0.3 is 10.6 Å². The Kier molecular flexibility index (Phi) is 11.1. The number of carbonyl (C=O) groups excluding carboxylic acids is 1. The third kappa shape index (κ3) is 6.02. The highest BCUT2D eigenvalue weighted by Crippen LogP contribution is 2.55. The highest BCUT2D eigenvalue weighted by Gasteiger charge is 2.35. The molecule has 11 heteroatoms. The van der Waals surface area contributed by atoms with Crippen molar-refractivity contribution in [3.05, 3.63) is 36.4 Å². The van der Waals surface area contributed by atoms with E-state index in [9.17, 15) is 18.3 Å². The van der Waals surface area contributed by atoms with Crippen LogP contribution >= 0.6 is 35.6 Å². The first-order valence-corrected chi connectivity index (χ1v) is 11.9. The van der Waals surface area contributed by atoms with E-state index in [0.717, 1.165) is 19.0 Å². The molecule has 2 aromatic rings. The Morgan fingerprint density at radius 2 is 2.03 bits per heavy atom. The van der Waals surface area contributed by atoms with Crippen LogP contribution in [-0.4, -0.2) is 60.9 Å². The predicted octanol–water partition coefficient (Wildman–Crippen LogP) is 4.68. The van der Waals surface area contributed by atoms with Crippen molar-refractivity contribution >= 4 is 52.3 Å². The third-order valence-electron chi connectivity index (χ3n) is 5.60. The van der Waals surface area contributed by atoms with E-state index in [4.69, 9.17) is 5.73 Å². The number of rotatable bonds is 6. The van der Waals surface area contributed by atoms with E-state index in [1.807, 2.05) is 6.92 Å². The molecular formula is C21H33Cl2FN4O3S. The Hall–Kier alpha value is -1.20. The molecule has 7 nitrogen and oxygen atoms in total. The van der Waals surface area contributed by atoms with Crippen LogP contribution < -0.4 is 5.73 Å². The van der Waals surface area contributed by atoms with Gasteiger partial charge in [-0.1, -0.05) is 31.9 Å². The highest BCUT2D eigenvalue weighted by molar-refractivity contribution is 8.22. The van der Waals surface area contributed by atoms with E-state index in [1.165, 1.54) is 6.20 Å². The van der Waals surface area contributed by atoms with Crippen molar-refractivity contribution in [3.63, 3.8) is 0 Å². The summed E-state index contributed by atoms with van der Waals surface area (Å²) in [6.07, 6.45) is 5.66. The number of nitrogens with two attached hydrogens (primary N) is 1. The first kappa shape index (κ1) is 28.8. The molecule has 2 heterocycles. The van der Waals surface area contributed by atoms with Crippen molar-refractivity contribution in [3.8, 4) is 0 Å². The van der Waals surface area contributed by atoms with Gasteiger partial charge in [0.25, 0.3) is 0 Å². The lowest BCUT2D eigenvalue weighted by molar-refractivity contribution is -0.133. The van der Waals surface area contributed by atoms with Gasteiger partial charge in [0.05, 0.1) is 17.1 Å². The lowest BCUT2D eigenvalue weighted by Gasteiger charge is -2.46.